The molecule has 0 atom stereocenters. The van der Waals surface area contributed by atoms with Crippen LogP contribution in [0.1, 0.15) is 18.4 Å². The molecule has 1 heterocycles. The van der Waals surface area contributed by atoms with E-state index in [-0.39, 0.29) is 5.41 Å². The van der Waals surface area contributed by atoms with Crippen molar-refractivity contribution in [2.45, 2.75) is 18.3 Å². The Morgan fingerprint density at radius 2 is 1.82 bits per heavy atom. The van der Waals surface area contributed by atoms with Crippen molar-refractivity contribution < 1.29 is 19.1 Å². The van der Waals surface area contributed by atoms with Crippen LogP contribution < -0.4 is 15.4 Å². The number of nitrogens with one attached hydrogen (secondary N) is 2. The van der Waals surface area contributed by atoms with E-state index in [1.54, 1.807) is 7.11 Å². The molecule has 2 N–H and O–H groups in total. The van der Waals surface area contributed by atoms with Crippen LogP contribution in [-0.2, 0) is 19.7 Å². The van der Waals surface area contributed by atoms with E-state index < -0.39 is 11.8 Å². The van der Waals surface area contributed by atoms with Crippen molar-refractivity contribution in [1.29, 1.82) is 0 Å². The summed E-state index contributed by atoms with van der Waals surface area (Å²) in [5.41, 5.74) is 0.905. The fraction of sp³-hybridized carbons (Fsp3) is 0.500. The Hall–Kier alpha value is -2.08. The molecule has 1 aliphatic rings. The van der Waals surface area contributed by atoms with Crippen molar-refractivity contribution in [1.82, 2.24) is 10.6 Å². The molecule has 0 aliphatic carbocycles. The molecule has 6 nitrogen and oxygen atoms in total. The first kappa shape index (κ1) is 16.3. The van der Waals surface area contributed by atoms with E-state index in [4.69, 9.17) is 9.47 Å². The number of hydrogen-bond donors (Lipinski definition) is 2. The van der Waals surface area contributed by atoms with Crippen LogP contribution in [0, 0.1) is 0 Å². The van der Waals surface area contributed by atoms with Gasteiger partial charge >= 0.3 is 11.8 Å². The maximum Gasteiger partial charge on any atom is 0.309 e. The van der Waals surface area contributed by atoms with Crippen molar-refractivity contribution in [2.75, 3.05) is 33.9 Å². The van der Waals surface area contributed by atoms with Crippen LogP contribution in [0.2, 0.25) is 0 Å². The van der Waals surface area contributed by atoms with Gasteiger partial charge in [0.2, 0.25) is 0 Å². The first-order chi connectivity index (χ1) is 10.6. The zero-order chi connectivity index (χ0) is 16.0. The van der Waals surface area contributed by atoms with E-state index >= 15 is 0 Å². The highest BCUT2D eigenvalue weighted by atomic mass is 16.5. The van der Waals surface area contributed by atoms with Gasteiger partial charge in [0, 0.05) is 32.2 Å². The summed E-state index contributed by atoms with van der Waals surface area (Å²) in [6.07, 6.45) is 1.60. The molecule has 0 aromatic heterocycles. The van der Waals surface area contributed by atoms with E-state index in [9.17, 15) is 9.59 Å². The molecule has 6 heteroatoms. The maximum absolute atomic E-state index is 11.7. The summed E-state index contributed by atoms with van der Waals surface area (Å²) in [6.45, 7) is 1.69. The normalized spacial score (nSPS) is 16.6. The van der Waals surface area contributed by atoms with Crippen molar-refractivity contribution in [3.63, 3.8) is 0 Å². The molecule has 1 saturated heterocycles. The summed E-state index contributed by atoms with van der Waals surface area (Å²) in [5.74, 6) is -0.445. The minimum atomic E-state index is -0.628. The smallest absolute Gasteiger partial charge is 0.309 e. The Balaban J connectivity index is 2.16. The Labute approximate surface area is 130 Å². The molecule has 2 rings (SSSR count). The van der Waals surface area contributed by atoms with Crippen LogP contribution in [-0.4, -0.2) is 45.7 Å². The molecule has 0 spiro atoms. The molecule has 22 heavy (non-hydrogen) atoms. The predicted octanol–water partition coefficient (Wildman–Crippen LogP) is 0.606. The van der Waals surface area contributed by atoms with Gasteiger partial charge in [0.15, 0.2) is 0 Å². The zero-order valence-electron chi connectivity index (χ0n) is 13.0. The third-order valence-electron chi connectivity index (χ3n) is 4.17. The molecule has 2 amide bonds. The van der Waals surface area contributed by atoms with Crippen molar-refractivity contribution in [2.24, 2.45) is 0 Å². The molecule has 0 saturated carbocycles. The van der Waals surface area contributed by atoms with E-state index in [0.717, 1.165) is 24.2 Å². The summed E-state index contributed by atoms with van der Waals surface area (Å²) >= 11 is 0. The number of methoxy groups -OCH3 is 1. The summed E-state index contributed by atoms with van der Waals surface area (Å²) in [5, 5.41) is 5.06. The molecule has 1 aromatic rings. The maximum atomic E-state index is 11.7. The monoisotopic (exact) mass is 306 g/mol. The highest BCUT2D eigenvalue weighted by Crippen LogP contribution is 2.35. The lowest BCUT2D eigenvalue weighted by molar-refractivity contribution is -0.139. The second kappa shape index (κ2) is 7.26. The predicted molar refractivity (Wildman–Crippen MR) is 81.8 cm³/mol. The van der Waals surface area contributed by atoms with Crippen molar-refractivity contribution in [3.8, 4) is 5.75 Å². The van der Waals surface area contributed by atoms with Crippen LogP contribution >= 0.6 is 0 Å². The van der Waals surface area contributed by atoms with Gasteiger partial charge in [-0.3, -0.25) is 9.59 Å². The van der Waals surface area contributed by atoms with Crippen LogP contribution in [0.4, 0.5) is 0 Å². The van der Waals surface area contributed by atoms with Gasteiger partial charge in [0.1, 0.15) is 5.75 Å². The first-order valence-electron chi connectivity index (χ1n) is 7.33. The van der Waals surface area contributed by atoms with Gasteiger partial charge in [-0.25, -0.2) is 0 Å². The quantitative estimate of drug-likeness (QED) is 0.799. The fourth-order valence-corrected chi connectivity index (χ4v) is 2.72. The van der Waals surface area contributed by atoms with Gasteiger partial charge in [-0.15, -0.1) is 0 Å². The van der Waals surface area contributed by atoms with Crippen LogP contribution in [0.5, 0.6) is 5.75 Å². The van der Waals surface area contributed by atoms with Gasteiger partial charge in [0.05, 0.1) is 7.11 Å². The average Bonchev–Trinajstić information content (AvgIpc) is 2.59. The highest BCUT2D eigenvalue weighted by Gasteiger charge is 2.35. The number of ether oxygens (including phenoxy) is 2. The van der Waals surface area contributed by atoms with Gasteiger partial charge in [-0.2, -0.15) is 0 Å². The molecule has 1 aliphatic heterocycles. The number of likely N-dealkylation sites (N-methyl/N-ethyl adjacent to an activating group) is 1. The molecule has 0 radical (unpaired) electrons. The summed E-state index contributed by atoms with van der Waals surface area (Å²) in [6, 6.07) is 7.84. The number of rotatable bonds is 4. The van der Waals surface area contributed by atoms with Crippen LogP contribution in [0.15, 0.2) is 24.3 Å². The molecule has 0 unspecified atom stereocenters. The van der Waals surface area contributed by atoms with Crippen LogP contribution in [0.25, 0.3) is 0 Å². The fourth-order valence-electron chi connectivity index (χ4n) is 2.72. The molecule has 0 bridgehead atoms. The second-order valence-corrected chi connectivity index (χ2v) is 5.38. The lowest BCUT2D eigenvalue weighted by atomic mass is 9.74. The van der Waals surface area contributed by atoms with Gasteiger partial charge in [-0.1, -0.05) is 12.1 Å². The second-order valence-electron chi connectivity index (χ2n) is 5.38. The van der Waals surface area contributed by atoms with Gasteiger partial charge < -0.3 is 20.1 Å². The summed E-state index contributed by atoms with van der Waals surface area (Å²) < 4.78 is 10.6. The van der Waals surface area contributed by atoms with Gasteiger partial charge in [-0.05, 0) is 30.5 Å². The van der Waals surface area contributed by atoms with Crippen molar-refractivity contribution >= 4 is 11.8 Å². The van der Waals surface area contributed by atoms with Gasteiger partial charge in [0.25, 0.3) is 0 Å². The highest BCUT2D eigenvalue weighted by molar-refractivity contribution is 6.35. The van der Waals surface area contributed by atoms with E-state index in [1.807, 2.05) is 24.3 Å². The standard InChI is InChI=1S/C16H22N2O4/c1-17-14(19)15(20)18-11-16(7-9-22-10-8-16)12-3-5-13(21-2)6-4-12/h3-6H,7-11H2,1-2H3,(H,17,19)(H,18,20). The molecular weight excluding hydrogens is 284 g/mol. The number of carbonyl (C=O) groups excluding carboxylic acids is 2. The van der Waals surface area contributed by atoms with E-state index in [2.05, 4.69) is 10.6 Å². The van der Waals surface area contributed by atoms with E-state index in [0.29, 0.717) is 19.8 Å². The summed E-state index contributed by atoms with van der Waals surface area (Å²) in [7, 11) is 3.07. The Kier molecular flexibility index (Phi) is 5.38. The molecular formula is C16H22N2O4. The molecule has 1 aromatic carbocycles. The SMILES string of the molecule is CNC(=O)C(=O)NCC1(c2ccc(OC)cc2)CCOCC1. The summed E-state index contributed by atoms with van der Waals surface area (Å²) in [4.78, 5) is 23.1. The Bertz CT molecular complexity index is 521. The molecule has 120 valence electrons. The first-order valence-corrected chi connectivity index (χ1v) is 7.33. The van der Waals surface area contributed by atoms with Crippen LogP contribution in [0.3, 0.4) is 0 Å². The Morgan fingerprint density at radius 1 is 1.18 bits per heavy atom. The van der Waals surface area contributed by atoms with E-state index in [1.165, 1.54) is 7.05 Å². The number of amides is 2. The number of hydrogen-bond acceptors (Lipinski definition) is 4. The van der Waals surface area contributed by atoms with Crippen molar-refractivity contribution in [3.05, 3.63) is 29.8 Å². The third kappa shape index (κ3) is 3.57. The minimum absolute atomic E-state index is 0.214. The third-order valence-corrected chi connectivity index (χ3v) is 4.17. The Morgan fingerprint density at radius 3 is 2.36 bits per heavy atom. The number of benzene rings is 1. The minimum Gasteiger partial charge on any atom is -0.497 e. The number of carbonyl (C=O) groups is 2. The zero-order valence-corrected chi connectivity index (χ0v) is 13.0. The lowest BCUT2D eigenvalue weighted by Crippen LogP contribution is -2.48. The largest absolute Gasteiger partial charge is 0.497 e. The topological polar surface area (TPSA) is 76.7 Å². The molecule has 1 fully saturated rings. The lowest BCUT2D eigenvalue weighted by Gasteiger charge is -2.38. The average molecular weight is 306 g/mol.